The molecule has 5 nitrogen and oxygen atoms in total. The number of sulfonamides is 1. The zero-order valence-corrected chi connectivity index (χ0v) is 15.2. The van der Waals surface area contributed by atoms with E-state index in [9.17, 15) is 8.42 Å². The van der Waals surface area contributed by atoms with Gasteiger partial charge in [0.1, 0.15) is 16.4 Å². The monoisotopic (exact) mass is 341 g/mol. The zero-order valence-electron chi connectivity index (χ0n) is 14.4. The smallest absolute Gasteiger partial charge is 0.246 e. The van der Waals surface area contributed by atoms with Crippen molar-refractivity contribution in [3.63, 3.8) is 0 Å². The summed E-state index contributed by atoms with van der Waals surface area (Å²) in [6.45, 7) is 9.93. The number of rotatable bonds is 6. The van der Waals surface area contributed by atoms with Gasteiger partial charge in [0.25, 0.3) is 0 Å². The summed E-state index contributed by atoms with van der Waals surface area (Å²) < 4.78 is 38.8. The van der Waals surface area contributed by atoms with Gasteiger partial charge in [-0.15, -0.1) is 0 Å². The first-order chi connectivity index (χ1) is 10.9. The van der Waals surface area contributed by atoms with Crippen molar-refractivity contribution in [1.82, 2.24) is 4.31 Å². The quantitative estimate of drug-likeness (QED) is 0.797. The van der Waals surface area contributed by atoms with Gasteiger partial charge in [0.2, 0.25) is 10.0 Å². The first-order valence-electron chi connectivity index (χ1n) is 8.28. The fourth-order valence-electron chi connectivity index (χ4n) is 3.16. The Morgan fingerprint density at radius 1 is 1.09 bits per heavy atom. The van der Waals surface area contributed by atoms with Gasteiger partial charge < -0.3 is 9.47 Å². The second-order valence-electron chi connectivity index (χ2n) is 6.24. The summed E-state index contributed by atoms with van der Waals surface area (Å²) in [6, 6.07) is 5.00. The third-order valence-corrected chi connectivity index (χ3v) is 5.83. The highest BCUT2D eigenvalue weighted by atomic mass is 32.2. The van der Waals surface area contributed by atoms with Crippen LogP contribution in [-0.2, 0) is 10.0 Å². The highest BCUT2D eigenvalue weighted by molar-refractivity contribution is 7.89. The Bertz CT molecular complexity index is 619. The Balaban J connectivity index is 2.41. The van der Waals surface area contributed by atoms with E-state index in [-0.39, 0.29) is 4.90 Å². The average molecular weight is 341 g/mol. The van der Waals surface area contributed by atoms with E-state index in [4.69, 9.17) is 9.47 Å². The Labute approximate surface area is 139 Å². The summed E-state index contributed by atoms with van der Waals surface area (Å²) >= 11 is 0. The molecule has 1 aliphatic heterocycles. The normalized spacial score (nSPS) is 22.8. The second kappa shape index (κ2) is 7.53. The van der Waals surface area contributed by atoms with Gasteiger partial charge in [0.15, 0.2) is 0 Å². The largest absolute Gasteiger partial charge is 0.494 e. The van der Waals surface area contributed by atoms with Gasteiger partial charge in [-0.1, -0.05) is 13.8 Å². The van der Waals surface area contributed by atoms with Crippen LogP contribution in [0.25, 0.3) is 0 Å². The number of hydrogen-bond donors (Lipinski definition) is 0. The molecule has 1 aliphatic rings. The van der Waals surface area contributed by atoms with Gasteiger partial charge in [-0.3, -0.25) is 0 Å². The Morgan fingerprint density at radius 2 is 1.70 bits per heavy atom. The minimum Gasteiger partial charge on any atom is -0.494 e. The molecule has 6 heteroatoms. The minimum absolute atomic E-state index is 0.201. The summed E-state index contributed by atoms with van der Waals surface area (Å²) in [7, 11) is -3.59. The lowest BCUT2D eigenvalue weighted by Crippen LogP contribution is -2.42. The van der Waals surface area contributed by atoms with Crippen LogP contribution in [0.15, 0.2) is 23.1 Å². The van der Waals surface area contributed by atoms with Gasteiger partial charge in [0, 0.05) is 19.2 Å². The lowest BCUT2D eigenvalue weighted by atomic mass is 9.94. The molecule has 0 N–H and O–H groups in total. The minimum atomic E-state index is -3.59. The third kappa shape index (κ3) is 4.18. The molecule has 0 radical (unpaired) electrons. The van der Waals surface area contributed by atoms with Crippen molar-refractivity contribution in [1.29, 1.82) is 0 Å². The molecule has 1 aromatic rings. The topological polar surface area (TPSA) is 55.8 Å². The highest BCUT2D eigenvalue weighted by Crippen LogP contribution is 2.33. The predicted molar refractivity (Wildman–Crippen MR) is 90.5 cm³/mol. The summed E-state index contributed by atoms with van der Waals surface area (Å²) in [5, 5.41) is 0. The molecule has 130 valence electrons. The standard InChI is InChI=1S/C17H27NO4S/c1-5-21-15-7-8-16(22-6-2)17(10-15)23(19,20)18-11-13(3)9-14(4)12-18/h7-8,10,13-14H,5-6,9,11-12H2,1-4H3/t13-,14-/m0/s1. The number of ether oxygens (including phenoxy) is 2. The van der Waals surface area contributed by atoms with Crippen molar-refractivity contribution < 1.29 is 17.9 Å². The summed E-state index contributed by atoms with van der Waals surface area (Å²) in [5.74, 6) is 1.66. The molecule has 0 aromatic heterocycles. The van der Waals surface area contributed by atoms with E-state index in [2.05, 4.69) is 13.8 Å². The van der Waals surface area contributed by atoms with E-state index >= 15 is 0 Å². The molecule has 2 atom stereocenters. The van der Waals surface area contributed by atoms with Crippen molar-refractivity contribution in [2.45, 2.75) is 39.0 Å². The van der Waals surface area contributed by atoms with E-state index < -0.39 is 10.0 Å². The molecule has 1 saturated heterocycles. The van der Waals surface area contributed by atoms with Crippen LogP contribution in [0.4, 0.5) is 0 Å². The van der Waals surface area contributed by atoms with Crippen LogP contribution in [0.1, 0.15) is 34.1 Å². The van der Waals surface area contributed by atoms with Crippen LogP contribution in [0, 0.1) is 11.8 Å². The second-order valence-corrected chi connectivity index (χ2v) is 8.15. The molecule has 1 aromatic carbocycles. The predicted octanol–water partition coefficient (Wildman–Crippen LogP) is 3.15. The van der Waals surface area contributed by atoms with Crippen molar-refractivity contribution in [2.75, 3.05) is 26.3 Å². The Morgan fingerprint density at radius 3 is 2.26 bits per heavy atom. The maximum atomic E-state index is 13.1. The van der Waals surface area contributed by atoms with Crippen molar-refractivity contribution in [2.24, 2.45) is 11.8 Å². The van der Waals surface area contributed by atoms with Crippen LogP contribution in [0.2, 0.25) is 0 Å². The van der Waals surface area contributed by atoms with Crippen LogP contribution in [-0.4, -0.2) is 39.0 Å². The maximum absolute atomic E-state index is 13.1. The molecule has 2 rings (SSSR count). The lowest BCUT2D eigenvalue weighted by molar-refractivity contribution is 0.221. The summed E-state index contributed by atoms with van der Waals surface area (Å²) in [6.07, 6.45) is 1.06. The van der Waals surface area contributed by atoms with Crippen molar-refractivity contribution >= 4 is 10.0 Å². The van der Waals surface area contributed by atoms with Crippen LogP contribution < -0.4 is 9.47 Å². The van der Waals surface area contributed by atoms with Crippen molar-refractivity contribution in [3.8, 4) is 11.5 Å². The molecule has 0 amide bonds. The third-order valence-electron chi connectivity index (χ3n) is 3.98. The molecule has 0 unspecified atom stereocenters. The molecule has 0 bridgehead atoms. The first-order valence-corrected chi connectivity index (χ1v) is 9.72. The number of piperidine rings is 1. The summed E-state index contributed by atoms with van der Waals surface area (Å²) in [5.41, 5.74) is 0. The number of nitrogens with zero attached hydrogens (tertiary/aromatic N) is 1. The molecular formula is C17H27NO4S. The molecule has 1 fully saturated rings. The maximum Gasteiger partial charge on any atom is 0.246 e. The van der Waals surface area contributed by atoms with Gasteiger partial charge in [0.05, 0.1) is 13.2 Å². The molecule has 0 saturated carbocycles. The van der Waals surface area contributed by atoms with Gasteiger partial charge in [-0.2, -0.15) is 4.31 Å². The van der Waals surface area contributed by atoms with Gasteiger partial charge in [-0.25, -0.2) is 8.42 Å². The van der Waals surface area contributed by atoms with Gasteiger partial charge in [-0.05, 0) is 44.2 Å². The van der Waals surface area contributed by atoms with Gasteiger partial charge >= 0.3 is 0 Å². The van der Waals surface area contributed by atoms with Crippen LogP contribution >= 0.6 is 0 Å². The number of hydrogen-bond acceptors (Lipinski definition) is 4. The van der Waals surface area contributed by atoms with E-state index in [0.29, 0.717) is 49.6 Å². The van der Waals surface area contributed by atoms with E-state index in [1.807, 2.05) is 13.8 Å². The Kier molecular flexibility index (Phi) is 5.92. The van der Waals surface area contributed by atoms with E-state index in [0.717, 1.165) is 6.42 Å². The molecule has 0 spiro atoms. The molecule has 1 heterocycles. The molecule has 0 aliphatic carbocycles. The number of benzene rings is 1. The fourth-order valence-corrected chi connectivity index (χ4v) is 4.99. The van der Waals surface area contributed by atoms with E-state index in [1.165, 1.54) is 0 Å². The zero-order chi connectivity index (χ0) is 17.0. The SMILES string of the molecule is CCOc1ccc(OCC)c(S(=O)(=O)N2C[C@@H](C)C[C@H](C)C2)c1. The fraction of sp³-hybridized carbons (Fsp3) is 0.647. The molecule has 23 heavy (non-hydrogen) atoms. The van der Waals surface area contributed by atoms with Crippen LogP contribution in [0.5, 0.6) is 11.5 Å². The van der Waals surface area contributed by atoms with E-state index in [1.54, 1.807) is 22.5 Å². The first kappa shape index (κ1) is 18.1. The highest BCUT2D eigenvalue weighted by Gasteiger charge is 2.33. The lowest BCUT2D eigenvalue weighted by Gasteiger charge is -2.34. The van der Waals surface area contributed by atoms with Crippen molar-refractivity contribution in [3.05, 3.63) is 18.2 Å². The molecular weight excluding hydrogens is 314 g/mol. The van der Waals surface area contributed by atoms with Crippen LogP contribution in [0.3, 0.4) is 0 Å². The summed E-state index contributed by atoms with van der Waals surface area (Å²) in [4.78, 5) is 0.201. The average Bonchev–Trinajstić information content (AvgIpc) is 2.48. The Hall–Kier alpha value is -1.27.